The first-order valence-electron chi connectivity index (χ1n) is 10.4. The Bertz CT molecular complexity index is 1260. The number of aromatic nitrogens is 4. The lowest BCUT2D eigenvalue weighted by molar-refractivity contribution is 0.176. The van der Waals surface area contributed by atoms with Gasteiger partial charge in [0.1, 0.15) is 5.82 Å². The average Bonchev–Trinajstić information content (AvgIpc) is 3.15. The summed E-state index contributed by atoms with van der Waals surface area (Å²) in [7, 11) is 0. The van der Waals surface area contributed by atoms with E-state index in [-0.39, 0.29) is 6.04 Å². The van der Waals surface area contributed by atoms with E-state index < -0.39 is 0 Å². The lowest BCUT2D eigenvalue weighted by Gasteiger charge is -2.36. The first kappa shape index (κ1) is 18.7. The summed E-state index contributed by atoms with van der Waals surface area (Å²) in [5.41, 5.74) is 6.21. The topological polar surface area (TPSA) is 46.8 Å². The second kappa shape index (κ2) is 7.55. The maximum atomic E-state index is 4.56. The molecule has 4 aromatic rings. The first-order valence-corrected chi connectivity index (χ1v) is 11.2. The standard InChI is InChI=1S/C25H20BrN5/c26-20-13-19(14-27-15-20)25-29-28-23-16-30(11-12-31(23)25)24-21-7-3-1-5-17(21)9-10-18-6-2-4-8-22(18)24/h1-10,13-15,24H,11-12,16H2. The van der Waals surface area contributed by atoms with Crippen molar-refractivity contribution in [1.29, 1.82) is 0 Å². The lowest BCUT2D eigenvalue weighted by atomic mass is 9.92. The van der Waals surface area contributed by atoms with Gasteiger partial charge in [0, 0.05) is 35.5 Å². The highest BCUT2D eigenvalue weighted by Gasteiger charge is 2.31. The monoisotopic (exact) mass is 469 g/mol. The quantitative estimate of drug-likeness (QED) is 0.405. The Hall–Kier alpha value is -3.09. The molecule has 0 unspecified atom stereocenters. The van der Waals surface area contributed by atoms with Crippen molar-refractivity contribution in [2.45, 2.75) is 19.1 Å². The van der Waals surface area contributed by atoms with Gasteiger partial charge in [0.15, 0.2) is 5.82 Å². The van der Waals surface area contributed by atoms with Crippen LogP contribution >= 0.6 is 15.9 Å². The van der Waals surface area contributed by atoms with E-state index in [0.29, 0.717) is 0 Å². The second-order valence-corrected chi connectivity index (χ2v) is 8.86. The number of hydrogen-bond donors (Lipinski definition) is 0. The molecule has 3 heterocycles. The van der Waals surface area contributed by atoms with Gasteiger partial charge >= 0.3 is 0 Å². The minimum atomic E-state index is 0.184. The van der Waals surface area contributed by atoms with Gasteiger partial charge in [0.25, 0.3) is 0 Å². The van der Waals surface area contributed by atoms with Crippen molar-refractivity contribution in [2.24, 2.45) is 0 Å². The zero-order valence-corrected chi connectivity index (χ0v) is 18.4. The third-order valence-electron chi connectivity index (χ3n) is 6.13. The molecule has 31 heavy (non-hydrogen) atoms. The van der Waals surface area contributed by atoms with Gasteiger partial charge in [-0.05, 0) is 44.3 Å². The highest BCUT2D eigenvalue weighted by atomic mass is 79.9. The zero-order valence-electron chi connectivity index (χ0n) is 16.8. The molecule has 1 aliphatic heterocycles. The molecule has 6 heteroatoms. The molecule has 0 spiro atoms. The largest absolute Gasteiger partial charge is 0.309 e. The summed E-state index contributed by atoms with van der Waals surface area (Å²) in [6, 6.07) is 19.6. The first-order chi connectivity index (χ1) is 15.3. The molecule has 152 valence electrons. The van der Waals surface area contributed by atoms with Crippen LogP contribution < -0.4 is 0 Å². The number of halogens is 1. The van der Waals surface area contributed by atoms with Crippen LogP contribution in [0.4, 0.5) is 0 Å². The van der Waals surface area contributed by atoms with E-state index in [1.165, 1.54) is 22.3 Å². The minimum absolute atomic E-state index is 0.184. The van der Waals surface area contributed by atoms with Crippen LogP contribution in [0.2, 0.25) is 0 Å². The molecule has 1 aliphatic carbocycles. The van der Waals surface area contributed by atoms with Crippen molar-refractivity contribution in [1.82, 2.24) is 24.6 Å². The molecule has 2 aliphatic rings. The second-order valence-electron chi connectivity index (χ2n) is 7.95. The van der Waals surface area contributed by atoms with Gasteiger partial charge in [0.05, 0.1) is 12.6 Å². The van der Waals surface area contributed by atoms with Crippen molar-refractivity contribution >= 4 is 28.1 Å². The Balaban J connectivity index is 1.41. The summed E-state index contributed by atoms with van der Waals surface area (Å²) >= 11 is 3.51. The molecular formula is C25H20BrN5. The fourth-order valence-electron chi connectivity index (χ4n) is 4.71. The Labute approximate surface area is 189 Å². The van der Waals surface area contributed by atoms with Crippen LogP contribution in [-0.4, -0.2) is 31.2 Å². The van der Waals surface area contributed by atoms with Crippen molar-refractivity contribution in [3.8, 4) is 11.4 Å². The number of benzene rings is 2. The molecule has 0 saturated heterocycles. The van der Waals surface area contributed by atoms with Gasteiger partial charge in [-0.3, -0.25) is 9.88 Å². The molecule has 2 aromatic heterocycles. The van der Waals surface area contributed by atoms with Crippen LogP contribution in [-0.2, 0) is 13.1 Å². The Morgan fingerprint density at radius 1 is 0.839 bits per heavy atom. The van der Waals surface area contributed by atoms with Gasteiger partial charge in [-0.1, -0.05) is 60.7 Å². The normalized spacial score (nSPS) is 15.8. The molecule has 0 saturated carbocycles. The Morgan fingerprint density at radius 2 is 1.55 bits per heavy atom. The van der Waals surface area contributed by atoms with Gasteiger partial charge < -0.3 is 4.57 Å². The van der Waals surface area contributed by atoms with Crippen LogP contribution in [0.25, 0.3) is 23.5 Å². The van der Waals surface area contributed by atoms with E-state index in [9.17, 15) is 0 Å². The molecule has 0 amide bonds. The van der Waals surface area contributed by atoms with E-state index in [4.69, 9.17) is 0 Å². The van der Waals surface area contributed by atoms with Crippen molar-refractivity contribution < 1.29 is 0 Å². The summed E-state index contributed by atoms with van der Waals surface area (Å²) in [6.45, 7) is 2.52. The molecule has 0 bridgehead atoms. The molecule has 0 fully saturated rings. The van der Waals surface area contributed by atoms with E-state index in [2.05, 4.69) is 101 Å². The molecule has 0 atom stereocenters. The summed E-state index contributed by atoms with van der Waals surface area (Å²) in [5, 5.41) is 9.06. The number of rotatable bonds is 2. The van der Waals surface area contributed by atoms with E-state index in [1.807, 2.05) is 12.3 Å². The number of fused-ring (bicyclic) bond motifs is 3. The molecular weight excluding hydrogens is 450 g/mol. The SMILES string of the molecule is Brc1cncc(-c2nnc3n2CCN(C2c4ccccc4C=Cc4ccccc42)C3)c1. The van der Waals surface area contributed by atoms with E-state index in [1.54, 1.807) is 6.20 Å². The smallest absolute Gasteiger partial charge is 0.165 e. The Morgan fingerprint density at radius 3 is 2.26 bits per heavy atom. The summed E-state index contributed by atoms with van der Waals surface area (Å²) in [5.74, 6) is 1.88. The highest BCUT2D eigenvalue weighted by Crippen LogP contribution is 2.38. The number of nitrogens with zero attached hydrogens (tertiary/aromatic N) is 5. The molecule has 0 N–H and O–H groups in total. The van der Waals surface area contributed by atoms with Gasteiger partial charge in [-0.2, -0.15) is 0 Å². The lowest BCUT2D eigenvalue weighted by Crippen LogP contribution is -2.37. The van der Waals surface area contributed by atoms with Crippen molar-refractivity contribution in [3.63, 3.8) is 0 Å². The predicted molar refractivity (Wildman–Crippen MR) is 125 cm³/mol. The molecule has 6 rings (SSSR count). The fraction of sp³-hybridized carbons (Fsp3) is 0.160. The van der Waals surface area contributed by atoms with Gasteiger partial charge in [-0.15, -0.1) is 10.2 Å². The molecule has 0 radical (unpaired) electrons. The van der Waals surface area contributed by atoms with Crippen LogP contribution in [0.5, 0.6) is 0 Å². The molecule has 5 nitrogen and oxygen atoms in total. The van der Waals surface area contributed by atoms with Crippen LogP contribution in [0, 0.1) is 0 Å². The van der Waals surface area contributed by atoms with Crippen LogP contribution in [0.15, 0.2) is 71.5 Å². The third-order valence-corrected chi connectivity index (χ3v) is 6.57. The predicted octanol–water partition coefficient (Wildman–Crippen LogP) is 5.19. The fourth-order valence-corrected chi connectivity index (χ4v) is 5.07. The molecule has 2 aromatic carbocycles. The summed E-state index contributed by atoms with van der Waals surface area (Å²) < 4.78 is 3.17. The minimum Gasteiger partial charge on any atom is -0.309 e. The van der Waals surface area contributed by atoms with E-state index >= 15 is 0 Å². The maximum absolute atomic E-state index is 4.56. The average molecular weight is 470 g/mol. The summed E-state index contributed by atoms with van der Waals surface area (Å²) in [6.07, 6.45) is 8.10. The van der Waals surface area contributed by atoms with Crippen LogP contribution in [0.3, 0.4) is 0 Å². The van der Waals surface area contributed by atoms with E-state index in [0.717, 1.165) is 41.3 Å². The van der Waals surface area contributed by atoms with Gasteiger partial charge in [0.2, 0.25) is 0 Å². The van der Waals surface area contributed by atoms with Gasteiger partial charge in [-0.25, -0.2) is 0 Å². The zero-order chi connectivity index (χ0) is 20.8. The number of hydrogen-bond acceptors (Lipinski definition) is 4. The highest BCUT2D eigenvalue weighted by molar-refractivity contribution is 9.10. The third kappa shape index (κ3) is 3.23. The van der Waals surface area contributed by atoms with Crippen molar-refractivity contribution in [3.05, 3.63) is 99.5 Å². The maximum Gasteiger partial charge on any atom is 0.165 e. The Kier molecular flexibility index (Phi) is 4.55. The van der Waals surface area contributed by atoms with Crippen molar-refractivity contribution in [2.75, 3.05) is 6.54 Å². The van der Waals surface area contributed by atoms with Crippen LogP contribution in [0.1, 0.15) is 34.1 Å². The number of pyridine rings is 1. The summed E-state index contributed by atoms with van der Waals surface area (Å²) in [4.78, 5) is 6.82.